The predicted octanol–water partition coefficient (Wildman–Crippen LogP) is 5.28. The Morgan fingerprint density at radius 1 is 1.05 bits per heavy atom. The summed E-state index contributed by atoms with van der Waals surface area (Å²) in [6.07, 6.45) is -9.78. The molecule has 0 bridgehead atoms. The lowest BCUT2D eigenvalue weighted by Crippen LogP contribution is -2.48. The van der Waals surface area contributed by atoms with Gasteiger partial charge in [0.15, 0.2) is 0 Å². The summed E-state index contributed by atoms with van der Waals surface area (Å²) in [5.74, 6) is -2.77. The molecule has 0 aliphatic carbocycles. The fraction of sp³-hybridized carbons (Fsp3) is 0.462. The second-order valence-electron chi connectivity index (χ2n) is 9.67. The molecule has 2 amide bonds. The number of hydrogen-bond acceptors (Lipinski definition) is 3. The van der Waals surface area contributed by atoms with Gasteiger partial charge in [-0.25, -0.2) is 4.39 Å². The number of primary amides is 1. The van der Waals surface area contributed by atoms with Crippen LogP contribution in [0.5, 0.6) is 0 Å². The third kappa shape index (κ3) is 6.64. The van der Waals surface area contributed by atoms with Gasteiger partial charge >= 0.3 is 12.4 Å². The molecule has 2 N–H and O–H groups in total. The summed E-state index contributed by atoms with van der Waals surface area (Å²) in [5.41, 5.74) is 3.30. The maximum absolute atomic E-state index is 13.8. The molecule has 1 aliphatic rings. The van der Waals surface area contributed by atoms with Crippen LogP contribution in [0.2, 0.25) is 0 Å². The van der Waals surface area contributed by atoms with Gasteiger partial charge in [-0.1, -0.05) is 6.07 Å². The SMILES string of the molecule is Cc1cc(F)ccc1[C@H]1CN(CC(N)=O)CC[C@@H]1C(=O)N(C)[C@H](C)c1cc(C(F)(F)F)cc(C(F)(F)F)c1. The zero-order valence-electron chi connectivity index (χ0n) is 21.0. The number of carbonyl (C=O) groups excluding carboxylic acids is 2. The minimum atomic E-state index is -5.02. The molecular formula is C26H28F7N3O2. The Morgan fingerprint density at radius 2 is 1.63 bits per heavy atom. The largest absolute Gasteiger partial charge is 0.416 e. The highest BCUT2D eigenvalue weighted by atomic mass is 19.4. The van der Waals surface area contributed by atoms with Crippen LogP contribution in [0.4, 0.5) is 30.7 Å². The van der Waals surface area contributed by atoms with Gasteiger partial charge in [0.05, 0.1) is 23.7 Å². The first-order valence-corrected chi connectivity index (χ1v) is 11.8. The molecule has 2 aromatic rings. The molecule has 0 aromatic heterocycles. The normalized spacial score (nSPS) is 19.7. The third-order valence-corrected chi connectivity index (χ3v) is 7.05. The molecule has 3 rings (SSSR count). The summed E-state index contributed by atoms with van der Waals surface area (Å²) in [5, 5.41) is 0. The van der Waals surface area contributed by atoms with Crippen LogP contribution in [0.25, 0.3) is 0 Å². The van der Waals surface area contributed by atoms with Crippen molar-refractivity contribution >= 4 is 11.8 Å². The summed E-state index contributed by atoms with van der Waals surface area (Å²) in [7, 11) is 1.32. The van der Waals surface area contributed by atoms with Crippen molar-refractivity contribution in [1.82, 2.24) is 9.80 Å². The maximum atomic E-state index is 13.8. The quantitative estimate of drug-likeness (QED) is 0.501. The summed E-state index contributed by atoms with van der Waals surface area (Å²) < 4.78 is 94.0. The highest BCUT2D eigenvalue weighted by Crippen LogP contribution is 2.40. The van der Waals surface area contributed by atoms with Gasteiger partial charge in [0.2, 0.25) is 11.8 Å². The lowest BCUT2D eigenvalue weighted by molar-refractivity contribution is -0.143. The van der Waals surface area contributed by atoms with Gasteiger partial charge in [-0.05, 0) is 73.8 Å². The second kappa shape index (κ2) is 10.9. The van der Waals surface area contributed by atoms with Gasteiger partial charge in [-0.15, -0.1) is 0 Å². The number of hydrogen-bond donors (Lipinski definition) is 1. The number of nitrogens with two attached hydrogens (primary N) is 1. The zero-order valence-corrected chi connectivity index (χ0v) is 21.0. The first-order chi connectivity index (χ1) is 17.5. The van der Waals surface area contributed by atoms with Gasteiger partial charge in [0.25, 0.3) is 0 Å². The summed E-state index contributed by atoms with van der Waals surface area (Å²) in [4.78, 5) is 28.0. The average Bonchev–Trinajstić information content (AvgIpc) is 2.81. The van der Waals surface area contributed by atoms with E-state index in [1.165, 1.54) is 32.2 Å². The molecule has 1 aliphatic heterocycles. The van der Waals surface area contributed by atoms with Crippen LogP contribution < -0.4 is 5.73 Å². The Kier molecular flexibility index (Phi) is 8.45. The van der Waals surface area contributed by atoms with Gasteiger partial charge in [0.1, 0.15) is 5.82 Å². The molecule has 1 fully saturated rings. The molecule has 0 radical (unpaired) electrons. The number of benzene rings is 2. The van der Waals surface area contributed by atoms with Crippen molar-refractivity contribution < 1.29 is 40.3 Å². The van der Waals surface area contributed by atoms with Crippen molar-refractivity contribution in [1.29, 1.82) is 0 Å². The monoisotopic (exact) mass is 547 g/mol. The van der Waals surface area contributed by atoms with E-state index in [1.54, 1.807) is 11.8 Å². The zero-order chi connectivity index (χ0) is 28.6. The highest BCUT2D eigenvalue weighted by Gasteiger charge is 2.40. The number of aryl methyl sites for hydroxylation is 1. The van der Waals surface area contributed by atoms with E-state index in [0.29, 0.717) is 29.8 Å². The lowest BCUT2D eigenvalue weighted by Gasteiger charge is -2.40. The number of amides is 2. The summed E-state index contributed by atoms with van der Waals surface area (Å²) in [6.45, 7) is 3.51. The van der Waals surface area contributed by atoms with E-state index in [4.69, 9.17) is 5.73 Å². The van der Waals surface area contributed by atoms with Crippen LogP contribution in [0.3, 0.4) is 0 Å². The minimum absolute atomic E-state index is 0.0415. The van der Waals surface area contributed by atoms with Crippen LogP contribution >= 0.6 is 0 Å². The van der Waals surface area contributed by atoms with Gasteiger partial charge in [-0.2, -0.15) is 26.3 Å². The van der Waals surface area contributed by atoms with E-state index >= 15 is 0 Å². The minimum Gasteiger partial charge on any atom is -0.369 e. The molecule has 3 atom stereocenters. The van der Waals surface area contributed by atoms with Crippen LogP contribution in [0.1, 0.15) is 53.1 Å². The molecule has 38 heavy (non-hydrogen) atoms. The number of halogens is 7. The average molecular weight is 548 g/mol. The van der Waals surface area contributed by atoms with Crippen molar-refractivity contribution in [3.05, 3.63) is 70.0 Å². The molecular weight excluding hydrogens is 519 g/mol. The topological polar surface area (TPSA) is 66.6 Å². The standard InChI is InChI=1S/C26H28F7N3O2/c1-14-8-19(27)4-5-20(14)22-12-36(13-23(34)37)7-6-21(22)24(38)35(3)15(2)16-9-17(25(28,29)30)11-18(10-16)26(31,32)33/h4-5,8-11,15,21-22H,6-7,12-13H2,1-3H3,(H2,34,37)/t15-,21+,22-/m1/s1. The van der Waals surface area contributed by atoms with Crippen molar-refractivity contribution in [2.45, 2.75) is 44.6 Å². The van der Waals surface area contributed by atoms with Crippen molar-refractivity contribution in [2.75, 3.05) is 26.7 Å². The van der Waals surface area contributed by atoms with Crippen LogP contribution in [0, 0.1) is 18.7 Å². The first-order valence-electron chi connectivity index (χ1n) is 11.8. The molecule has 0 saturated carbocycles. The van der Waals surface area contributed by atoms with E-state index in [0.717, 1.165) is 4.90 Å². The Hall–Kier alpha value is -3.15. The Balaban J connectivity index is 1.97. The Bertz CT molecular complexity index is 1160. The molecule has 0 spiro atoms. The number of piperidine rings is 1. The third-order valence-electron chi connectivity index (χ3n) is 7.05. The molecule has 2 aromatic carbocycles. The molecule has 5 nitrogen and oxygen atoms in total. The van der Waals surface area contributed by atoms with Crippen LogP contribution in [0.15, 0.2) is 36.4 Å². The van der Waals surface area contributed by atoms with Gasteiger partial charge in [-0.3, -0.25) is 14.5 Å². The smallest absolute Gasteiger partial charge is 0.369 e. The van der Waals surface area contributed by atoms with Crippen molar-refractivity contribution in [3.63, 3.8) is 0 Å². The van der Waals surface area contributed by atoms with E-state index in [1.807, 2.05) is 0 Å². The molecule has 0 unspecified atom stereocenters. The fourth-order valence-electron chi connectivity index (χ4n) is 4.95. The van der Waals surface area contributed by atoms with E-state index < -0.39 is 59.0 Å². The molecule has 1 saturated heterocycles. The van der Waals surface area contributed by atoms with E-state index in [9.17, 15) is 40.3 Å². The number of nitrogens with zero attached hydrogens (tertiary/aromatic N) is 2. The number of likely N-dealkylation sites (tertiary alicyclic amines) is 1. The molecule has 1 heterocycles. The first kappa shape index (κ1) is 29.4. The summed E-state index contributed by atoms with van der Waals surface area (Å²) >= 11 is 0. The van der Waals surface area contributed by atoms with Crippen LogP contribution in [-0.4, -0.2) is 48.3 Å². The van der Waals surface area contributed by atoms with E-state index in [-0.39, 0.29) is 31.1 Å². The Labute approximate surface area is 215 Å². The molecule has 208 valence electrons. The maximum Gasteiger partial charge on any atom is 0.416 e. The van der Waals surface area contributed by atoms with Crippen molar-refractivity contribution in [2.24, 2.45) is 11.7 Å². The number of alkyl halides is 6. The van der Waals surface area contributed by atoms with Gasteiger partial charge in [0, 0.05) is 25.4 Å². The number of rotatable bonds is 6. The number of carbonyl (C=O) groups is 2. The second-order valence-corrected chi connectivity index (χ2v) is 9.67. The summed E-state index contributed by atoms with van der Waals surface area (Å²) in [6, 6.07) is 4.23. The van der Waals surface area contributed by atoms with Crippen LogP contribution in [-0.2, 0) is 21.9 Å². The fourth-order valence-corrected chi connectivity index (χ4v) is 4.95. The van der Waals surface area contributed by atoms with E-state index in [2.05, 4.69) is 0 Å². The predicted molar refractivity (Wildman–Crippen MR) is 125 cm³/mol. The molecule has 12 heteroatoms. The lowest BCUT2D eigenvalue weighted by atomic mass is 9.78. The van der Waals surface area contributed by atoms with Crippen molar-refractivity contribution in [3.8, 4) is 0 Å². The highest BCUT2D eigenvalue weighted by molar-refractivity contribution is 5.81. The Morgan fingerprint density at radius 3 is 2.13 bits per heavy atom. The van der Waals surface area contributed by atoms with Gasteiger partial charge < -0.3 is 10.6 Å².